The van der Waals surface area contributed by atoms with Gasteiger partial charge in [-0.2, -0.15) is 0 Å². The molecule has 2 N–H and O–H groups in total. The number of amides is 2. The van der Waals surface area contributed by atoms with Crippen LogP contribution < -0.4 is 10.6 Å². The Bertz CT molecular complexity index is 585. The molecule has 0 saturated carbocycles. The van der Waals surface area contributed by atoms with Crippen molar-refractivity contribution in [2.75, 3.05) is 5.32 Å². The molecule has 102 valence electrons. The van der Waals surface area contributed by atoms with Crippen molar-refractivity contribution in [2.24, 2.45) is 0 Å². The third-order valence-corrected chi connectivity index (χ3v) is 2.68. The fourth-order valence-corrected chi connectivity index (χ4v) is 1.61. The molecule has 20 heavy (non-hydrogen) atoms. The van der Waals surface area contributed by atoms with Crippen molar-refractivity contribution in [3.8, 4) is 0 Å². The lowest BCUT2D eigenvalue weighted by Gasteiger charge is -2.13. The van der Waals surface area contributed by atoms with Crippen molar-refractivity contribution >= 4 is 17.5 Å². The molecule has 2 rings (SSSR count). The molecule has 1 atom stereocenters. The third kappa shape index (κ3) is 3.65. The van der Waals surface area contributed by atoms with Crippen LogP contribution in [0.3, 0.4) is 0 Å². The molecule has 0 saturated heterocycles. The Morgan fingerprint density at radius 2 is 1.75 bits per heavy atom. The molecule has 1 aromatic heterocycles. The van der Waals surface area contributed by atoms with E-state index in [-0.39, 0.29) is 17.5 Å². The lowest BCUT2D eigenvalue weighted by atomic mass is 10.2. The first-order valence-electron chi connectivity index (χ1n) is 6.24. The number of benzene rings is 1. The number of carbonyl (C=O) groups excluding carboxylic acids is 2. The van der Waals surface area contributed by atoms with Crippen molar-refractivity contribution in [3.63, 3.8) is 0 Å². The molecule has 5 heteroatoms. The van der Waals surface area contributed by atoms with Gasteiger partial charge in [0, 0.05) is 11.9 Å². The van der Waals surface area contributed by atoms with Crippen molar-refractivity contribution in [1.82, 2.24) is 10.3 Å². The molecular weight excluding hydrogens is 254 g/mol. The van der Waals surface area contributed by atoms with Crippen molar-refractivity contribution in [2.45, 2.75) is 13.0 Å². The van der Waals surface area contributed by atoms with E-state index in [1.165, 1.54) is 6.20 Å². The number of aromatic nitrogens is 1. The van der Waals surface area contributed by atoms with E-state index >= 15 is 0 Å². The number of rotatable bonds is 4. The van der Waals surface area contributed by atoms with Crippen molar-refractivity contribution < 1.29 is 9.59 Å². The topological polar surface area (TPSA) is 71.1 Å². The van der Waals surface area contributed by atoms with Gasteiger partial charge in [-0.15, -0.1) is 0 Å². The van der Waals surface area contributed by atoms with E-state index in [0.29, 0.717) is 5.69 Å². The van der Waals surface area contributed by atoms with Gasteiger partial charge >= 0.3 is 0 Å². The van der Waals surface area contributed by atoms with Crippen molar-refractivity contribution in [3.05, 3.63) is 60.4 Å². The van der Waals surface area contributed by atoms with Gasteiger partial charge in [0.25, 0.3) is 5.91 Å². The summed E-state index contributed by atoms with van der Waals surface area (Å²) in [5.41, 5.74) is 0.975. The van der Waals surface area contributed by atoms with E-state index in [9.17, 15) is 9.59 Å². The largest absolute Gasteiger partial charge is 0.339 e. The first-order chi connectivity index (χ1) is 9.66. The molecule has 5 nitrogen and oxygen atoms in total. The molecule has 0 aliphatic heterocycles. The minimum atomic E-state index is -0.648. The first-order valence-corrected chi connectivity index (χ1v) is 6.24. The molecule has 2 amide bonds. The van der Waals surface area contributed by atoms with Gasteiger partial charge in [-0.3, -0.25) is 14.6 Å². The highest BCUT2D eigenvalue weighted by molar-refractivity contribution is 6.00. The second-order valence-corrected chi connectivity index (χ2v) is 4.27. The molecular formula is C15H15N3O2. The van der Waals surface area contributed by atoms with E-state index in [4.69, 9.17) is 0 Å². The SMILES string of the molecule is C[C@@H](NC(=O)c1ccccn1)C(=O)Nc1ccccc1. The monoisotopic (exact) mass is 269 g/mol. The Morgan fingerprint density at radius 3 is 2.40 bits per heavy atom. The van der Waals surface area contributed by atoms with Crippen LogP contribution in [0, 0.1) is 0 Å². The molecule has 1 heterocycles. The van der Waals surface area contributed by atoms with Gasteiger partial charge in [-0.25, -0.2) is 0 Å². The summed E-state index contributed by atoms with van der Waals surface area (Å²) in [6, 6.07) is 13.5. The Balaban J connectivity index is 1.93. The maximum Gasteiger partial charge on any atom is 0.270 e. The fraction of sp³-hybridized carbons (Fsp3) is 0.133. The summed E-state index contributed by atoms with van der Waals surface area (Å²) in [7, 11) is 0. The number of hydrogen-bond acceptors (Lipinski definition) is 3. The van der Waals surface area contributed by atoms with Gasteiger partial charge in [0.1, 0.15) is 11.7 Å². The van der Waals surface area contributed by atoms with Gasteiger partial charge in [-0.05, 0) is 31.2 Å². The van der Waals surface area contributed by atoms with Crippen LogP contribution in [0.5, 0.6) is 0 Å². The summed E-state index contributed by atoms with van der Waals surface area (Å²) < 4.78 is 0. The van der Waals surface area contributed by atoms with E-state index in [0.717, 1.165) is 0 Å². The zero-order chi connectivity index (χ0) is 14.4. The van der Waals surface area contributed by atoms with Crippen LogP contribution in [0.2, 0.25) is 0 Å². The van der Waals surface area contributed by atoms with Gasteiger partial charge in [0.15, 0.2) is 0 Å². The average molecular weight is 269 g/mol. The number of nitrogens with zero attached hydrogens (tertiary/aromatic N) is 1. The lowest BCUT2D eigenvalue weighted by molar-refractivity contribution is -0.117. The highest BCUT2D eigenvalue weighted by atomic mass is 16.2. The van der Waals surface area contributed by atoms with Crippen LogP contribution in [0.1, 0.15) is 17.4 Å². The van der Waals surface area contributed by atoms with Gasteiger partial charge in [0.05, 0.1) is 0 Å². The van der Waals surface area contributed by atoms with Gasteiger partial charge < -0.3 is 10.6 Å². The van der Waals surface area contributed by atoms with Crippen LogP contribution in [0.15, 0.2) is 54.7 Å². The van der Waals surface area contributed by atoms with E-state index in [1.54, 1.807) is 37.3 Å². The first kappa shape index (κ1) is 13.7. The number of pyridine rings is 1. The van der Waals surface area contributed by atoms with E-state index in [1.807, 2.05) is 18.2 Å². The smallest absolute Gasteiger partial charge is 0.270 e. The molecule has 0 fully saturated rings. The second kappa shape index (κ2) is 6.47. The van der Waals surface area contributed by atoms with Crippen LogP contribution in [-0.2, 0) is 4.79 Å². The van der Waals surface area contributed by atoms with Gasteiger partial charge in [0.2, 0.25) is 5.91 Å². The Hall–Kier alpha value is -2.69. The third-order valence-electron chi connectivity index (χ3n) is 2.68. The highest BCUT2D eigenvalue weighted by Crippen LogP contribution is 2.05. The highest BCUT2D eigenvalue weighted by Gasteiger charge is 2.17. The predicted octanol–water partition coefficient (Wildman–Crippen LogP) is 1.84. The van der Waals surface area contributed by atoms with Crippen LogP contribution in [0.25, 0.3) is 0 Å². The van der Waals surface area contributed by atoms with Crippen molar-refractivity contribution in [1.29, 1.82) is 0 Å². The molecule has 0 radical (unpaired) electrons. The molecule has 0 unspecified atom stereocenters. The summed E-state index contributed by atoms with van der Waals surface area (Å²) >= 11 is 0. The molecule has 2 aromatic rings. The Morgan fingerprint density at radius 1 is 1.05 bits per heavy atom. The zero-order valence-corrected chi connectivity index (χ0v) is 11.0. The maximum absolute atomic E-state index is 11.9. The number of carbonyl (C=O) groups is 2. The summed E-state index contributed by atoms with van der Waals surface area (Å²) in [6.45, 7) is 1.62. The fourth-order valence-electron chi connectivity index (χ4n) is 1.61. The zero-order valence-electron chi connectivity index (χ0n) is 11.0. The van der Waals surface area contributed by atoms with E-state index < -0.39 is 6.04 Å². The lowest BCUT2D eigenvalue weighted by Crippen LogP contribution is -2.41. The summed E-state index contributed by atoms with van der Waals surface area (Å²) in [6.07, 6.45) is 1.53. The standard InChI is InChI=1S/C15H15N3O2/c1-11(14(19)18-12-7-3-2-4-8-12)17-15(20)13-9-5-6-10-16-13/h2-11H,1H3,(H,17,20)(H,18,19)/t11-/m1/s1. The van der Waals surface area contributed by atoms with Crippen LogP contribution in [0.4, 0.5) is 5.69 Å². The molecule has 0 aliphatic carbocycles. The minimum Gasteiger partial charge on any atom is -0.339 e. The maximum atomic E-state index is 11.9. The van der Waals surface area contributed by atoms with Crippen LogP contribution >= 0.6 is 0 Å². The molecule has 0 aliphatic rings. The predicted molar refractivity (Wildman–Crippen MR) is 76.2 cm³/mol. The minimum absolute atomic E-state index is 0.277. The number of anilines is 1. The van der Waals surface area contributed by atoms with E-state index in [2.05, 4.69) is 15.6 Å². The van der Waals surface area contributed by atoms with Crippen LogP contribution in [-0.4, -0.2) is 22.8 Å². The summed E-state index contributed by atoms with van der Waals surface area (Å²) in [4.78, 5) is 27.7. The quantitative estimate of drug-likeness (QED) is 0.889. The number of hydrogen-bond donors (Lipinski definition) is 2. The molecule has 1 aromatic carbocycles. The number of nitrogens with one attached hydrogen (secondary N) is 2. The molecule has 0 spiro atoms. The van der Waals surface area contributed by atoms with Gasteiger partial charge in [-0.1, -0.05) is 24.3 Å². The Labute approximate surface area is 117 Å². The summed E-state index contributed by atoms with van der Waals surface area (Å²) in [5, 5.41) is 5.33. The number of para-hydroxylation sites is 1. The Kier molecular flexibility index (Phi) is 4.44. The molecule has 0 bridgehead atoms. The normalized spacial score (nSPS) is 11.4. The second-order valence-electron chi connectivity index (χ2n) is 4.27. The average Bonchev–Trinajstić information content (AvgIpc) is 2.49. The summed E-state index contributed by atoms with van der Waals surface area (Å²) in [5.74, 6) is -0.651.